The van der Waals surface area contributed by atoms with Gasteiger partial charge in [-0.15, -0.1) is 0 Å². The van der Waals surface area contributed by atoms with Gasteiger partial charge in [0.05, 0.1) is 17.2 Å². The molecule has 0 fully saturated rings. The van der Waals surface area contributed by atoms with Crippen molar-refractivity contribution < 1.29 is 15.0 Å². The summed E-state index contributed by atoms with van der Waals surface area (Å²) >= 11 is 0. The van der Waals surface area contributed by atoms with Gasteiger partial charge >= 0.3 is 5.97 Å². The molecule has 1 aromatic carbocycles. The van der Waals surface area contributed by atoms with Crippen molar-refractivity contribution in [1.82, 2.24) is 15.3 Å². The van der Waals surface area contributed by atoms with Gasteiger partial charge in [-0.3, -0.25) is 4.98 Å². The average Bonchev–Trinajstić information content (AvgIpc) is 3.03. The quantitative estimate of drug-likeness (QED) is 0.530. The Hall–Kier alpha value is -2.70. The fraction of sp³-hybridized carbons (Fsp3) is 0.263. The van der Waals surface area contributed by atoms with Crippen LogP contribution in [0.1, 0.15) is 34.5 Å². The molecule has 0 aliphatic heterocycles. The Labute approximate surface area is 145 Å². The molecule has 0 saturated carbocycles. The number of hydrogen-bond donors (Lipinski definition) is 4. The molecule has 2 heterocycles. The van der Waals surface area contributed by atoms with Crippen LogP contribution in [0.5, 0.6) is 0 Å². The predicted octanol–water partition coefficient (Wildman–Crippen LogP) is 2.52. The lowest BCUT2D eigenvalue weighted by Gasteiger charge is -2.17. The summed E-state index contributed by atoms with van der Waals surface area (Å²) in [6.45, 7) is 2.46. The van der Waals surface area contributed by atoms with E-state index in [1.54, 1.807) is 30.6 Å². The van der Waals surface area contributed by atoms with Crippen LogP contribution in [0.25, 0.3) is 10.9 Å². The normalized spacial score (nSPS) is 13.7. The smallest absolute Gasteiger partial charge is 0.337 e. The van der Waals surface area contributed by atoms with Crippen LogP contribution in [-0.2, 0) is 6.42 Å². The number of carbonyl (C=O) groups is 1. The van der Waals surface area contributed by atoms with E-state index in [-0.39, 0.29) is 11.6 Å². The molecule has 130 valence electrons. The number of aromatic carboxylic acids is 1. The molecule has 0 radical (unpaired) electrons. The predicted molar refractivity (Wildman–Crippen MR) is 95.6 cm³/mol. The summed E-state index contributed by atoms with van der Waals surface area (Å²) in [4.78, 5) is 18.4. The lowest BCUT2D eigenvalue weighted by molar-refractivity contribution is 0.0699. The van der Waals surface area contributed by atoms with Crippen molar-refractivity contribution in [2.24, 2.45) is 0 Å². The fourth-order valence-corrected chi connectivity index (χ4v) is 2.97. The van der Waals surface area contributed by atoms with Gasteiger partial charge in [0.25, 0.3) is 0 Å². The number of carboxylic acid groups (broad SMARTS) is 1. The number of aromatic amines is 1. The van der Waals surface area contributed by atoms with Crippen LogP contribution in [0.2, 0.25) is 0 Å². The molecule has 0 aliphatic rings. The van der Waals surface area contributed by atoms with Crippen molar-refractivity contribution in [2.45, 2.75) is 25.5 Å². The molecule has 2 aromatic heterocycles. The molecule has 2 atom stereocenters. The van der Waals surface area contributed by atoms with Gasteiger partial charge in [-0.25, -0.2) is 4.79 Å². The van der Waals surface area contributed by atoms with Gasteiger partial charge in [0, 0.05) is 42.1 Å². The molecule has 4 N–H and O–H groups in total. The Balaban J connectivity index is 1.65. The topological polar surface area (TPSA) is 98.2 Å². The molecule has 0 bridgehead atoms. The molecular weight excluding hydrogens is 318 g/mol. The summed E-state index contributed by atoms with van der Waals surface area (Å²) in [7, 11) is 0. The van der Waals surface area contributed by atoms with Crippen LogP contribution >= 0.6 is 0 Å². The number of fused-ring (bicyclic) bond motifs is 1. The van der Waals surface area contributed by atoms with Crippen molar-refractivity contribution in [3.63, 3.8) is 0 Å². The summed E-state index contributed by atoms with van der Waals surface area (Å²) in [6.07, 6.45) is 5.30. The zero-order valence-electron chi connectivity index (χ0n) is 13.9. The first-order valence-corrected chi connectivity index (χ1v) is 8.20. The molecule has 6 nitrogen and oxygen atoms in total. The first kappa shape index (κ1) is 17.1. The van der Waals surface area contributed by atoms with Crippen molar-refractivity contribution in [1.29, 1.82) is 0 Å². The maximum atomic E-state index is 11.3. The fourth-order valence-electron chi connectivity index (χ4n) is 2.97. The summed E-state index contributed by atoms with van der Waals surface area (Å²) in [5, 5.41) is 23.7. The van der Waals surface area contributed by atoms with Crippen LogP contribution in [-0.4, -0.2) is 38.7 Å². The second kappa shape index (κ2) is 7.46. The number of benzene rings is 1. The van der Waals surface area contributed by atoms with Gasteiger partial charge in [0.15, 0.2) is 0 Å². The average molecular weight is 339 g/mol. The second-order valence-electron chi connectivity index (χ2n) is 6.16. The van der Waals surface area contributed by atoms with Crippen LogP contribution in [0.3, 0.4) is 0 Å². The summed E-state index contributed by atoms with van der Waals surface area (Å²) in [6, 6.07) is 9.04. The Morgan fingerprint density at radius 3 is 2.88 bits per heavy atom. The first-order valence-electron chi connectivity index (χ1n) is 8.20. The minimum atomic E-state index is -0.940. The number of nitrogens with zero attached hydrogens (tertiary/aromatic N) is 1. The highest BCUT2D eigenvalue weighted by molar-refractivity contribution is 6.02. The van der Waals surface area contributed by atoms with Gasteiger partial charge in [0.1, 0.15) is 0 Å². The van der Waals surface area contributed by atoms with E-state index in [1.165, 1.54) is 0 Å². The van der Waals surface area contributed by atoms with E-state index >= 15 is 0 Å². The lowest BCUT2D eigenvalue weighted by Crippen LogP contribution is -2.32. The van der Waals surface area contributed by atoms with Crippen molar-refractivity contribution in [2.75, 3.05) is 6.54 Å². The molecule has 0 saturated heterocycles. The standard InChI is InChI=1S/C19H21N3O3/c1-12(21-11-17(23)13-4-3-7-20-9-13)8-14-10-22-18-15(14)5-2-6-16(18)19(24)25/h2-7,9-10,12,17,21-23H,8,11H2,1H3,(H,24,25)/t12-,17?/m1/s1. The van der Waals surface area contributed by atoms with E-state index in [9.17, 15) is 15.0 Å². The molecule has 25 heavy (non-hydrogen) atoms. The lowest BCUT2D eigenvalue weighted by atomic mass is 10.0. The van der Waals surface area contributed by atoms with E-state index in [1.807, 2.05) is 25.3 Å². The van der Waals surface area contributed by atoms with Crippen molar-refractivity contribution >= 4 is 16.9 Å². The van der Waals surface area contributed by atoms with Crippen LogP contribution in [0, 0.1) is 0 Å². The van der Waals surface area contributed by atoms with Crippen LogP contribution in [0.4, 0.5) is 0 Å². The number of aromatic nitrogens is 2. The Morgan fingerprint density at radius 2 is 2.16 bits per heavy atom. The number of nitrogens with one attached hydrogen (secondary N) is 2. The Bertz CT molecular complexity index is 861. The van der Waals surface area contributed by atoms with Gasteiger partial charge in [-0.1, -0.05) is 18.2 Å². The number of carboxylic acids is 1. The third-order valence-electron chi connectivity index (χ3n) is 4.29. The monoisotopic (exact) mass is 339 g/mol. The zero-order valence-corrected chi connectivity index (χ0v) is 13.9. The van der Waals surface area contributed by atoms with Gasteiger partial charge < -0.3 is 20.5 Å². The molecule has 3 aromatic rings. The minimum Gasteiger partial charge on any atom is -0.478 e. The molecule has 0 spiro atoms. The molecule has 3 rings (SSSR count). The largest absolute Gasteiger partial charge is 0.478 e. The highest BCUT2D eigenvalue weighted by atomic mass is 16.4. The van der Waals surface area contributed by atoms with Crippen LogP contribution in [0.15, 0.2) is 48.9 Å². The van der Waals surface area contributed by atoms with E-state index in [0.717, 1.165) is 22.9 Å². The number of para-hydroxylation sites is 1. The van der Waals surface area contributed by atoms with E-state index in [4.69, 9.17) is 0 Å². The highest BCUT2D eigenvalue weighted by Crippen LogP contribution is 2.23. The van der Waals surface area contributed by atoms with Crippen molar-refractivity contribution in [3.05, 3.63) is 65.6 Å². The number of aliphatic hydroxyl groups is 1. The van der Waals surface area contributed by atoms with E-state index in [2.05, 4.69) is 15.3 Å². The molecule has 1 unspecified atom stereocenters. The maximum Gasteiger partial charge on any atom is 0.337 e. The summed E-state index contributed by atoms with van der Waals surface area (Å²) < 4.78 is 0. The molecule has 0 aliphatic carbocycles. The minimum absolute atomic E-state index is 0.124. The zero-order chi connectivity index (χ0) is 17.8. The SMILES string of the molecule is C[C@H](Cc1c[nH]c2c(C(=O)O)cccc12)NCC(O)c1cccnc1. The Kier molecular flexibility index (Phi) is 5.11. The maximum absolute atomic E-state index is 11.3. The van der Waals surface area contributed by atoms with Crippen LogP contribution < -0.4 is 5.32 Å². The molecular formula is C19H21N3O3. The number of rotatable bonds is 7. The number of H-pyrrole nitrogens is 1. The highest BCUT2D eigenvalue weighted by Gasteiger charge is 2.15. The van der Waals surface area contributed by atoms with E-state index < -0.39 is 12.1 Å². The third-order valence-corrected chi connectivity index (χ3v) is 4.29. The number of hydrogen-bond acceptors (Lipinski definition) is 4. The van der Waals surface area contributed by atoms with Crippen molar-refractivity contribution in [3.8, 4) is 0 Å². The van der Waals surface area contributed by atoms with Gasteiger partial charge in [-0.05, 0) is 31.0 Å². The third kappa shape index (κ3) is 3.87. The second-order valence-corrected chi connectivity index (χ2v) is 6.16. The number of aliphatic hydroxyl groups excluding tert-OH is 1. The van der Waals surface area contributed by atoms with Gasteiger partial charge in [0.2, 0.25) is 0 Å². The molecule has 0 amide bonds. The first-order chi connectivity index (χ1) is 12.1. The van der Waals surface area contributed by atoms with Gasteiger partial charge in [-0.2, -0.15) is 0 Å². The molecule has 6 heteroatoms. The van der Waals surface area contributed by atoms with E-state index in [0.29, 0.717) is 12.1 Å². The number of pyridine rings is 1. The Morgan fingerprint density at radius 1 is 1.32 bits per heavy atom. The summed E-state index contributed by atoms with van der Waals surface area (Å²) in [5.74, 6) is -0.940. The summed E-state index contributed by atoms with van der Waals surface area (Å²) in [5.41, 5.74) is 2.75.